The van der Waals surface area contributed by atoms with Crippen molar-refractivity contribution in [2.24, 2.45) is 0 Å². The fourth-order valence-corrected chi connectivity index (χ4v) is 4.49. The van der Waals surface area contributed by atoms with Crippen LogP contribution in [0, 0.1) is 0 Å². The Morgan fingerprint density at radius 1 is 1.07 bits per heavy atom. The van der Waals surface area contributed by atoms with E-state index in [0.29, 0.717) is 17.6 Å². The summed E-state index contributed by atoms with van der Waals surface area (Å²) in [5.41, 5.74) is 2.73. The molecule has 146 valence electrons. The molecule has 1 aliphatic heterocycles. The fourth-order valence-electron chi connectivity index (χ4n) is 3.44. The van der Waals surface area contributed by atoms with Crippen LogP contribution in [-0.4, -0.2) is 34.6 Å². The summed E-state index contributed by atoms with van der Waals surface area (Å²) in [6, 6.07) is 15.2. The topological polar surface area (TPSA) is 61.4 Å². The first-order chi connectivity index (χ1) is 12.9. The van der Waals surface area contributed by atoms with Crippen molar-refractivity contribution in [2.45, 2.75) is 43.5 Å². The van der Waals surface area contributed by atoms with Gasteiger partial charge in [0.1, 0.15) is 0 Å². The zero-order chi connectivity index (χ0) is 19.4. The van der Waals surface area contributed by atoms with Crippen molar-refractivity contribution in [3.8, 4) is 0 Å². The first-order valence-corrected chi connectivity index (χ1v) is 11.0. The zero-order valence-corrected chi connectivity index (χ0v) is 17.1. The summed E-state index contributed by atoms with van der Waals surface area (Å²) >= 11 is 0. The molecule has 0 aromatic heterocycles. The van der Waals surface area contributed by atoms with E-state index < -0.39 is 10.0 Å². The van der Waals surface area contributed by atoms with Gasteiger partial charge in [-0.1, -0.05) is 32.0 Å². The predicted octanol–water partition coefficient (Wildman–Crippen LogP) is 3.80. The molecule has 6 heteroatoms. The van der Waals surface area contributed by atoms with Crippen LogP contribution in [0.5, 0.6) is 0 Å². The van der Waals surface area contributed by atoms with Crippen LogP contribution in [0.4, 0.5) is 11.4 Å². The molecule has 2 aromatic rings. The Kier molecular flexibility index (Phi) is 6.07. The van der Waals surface area contributed by atoms with Gasteiger partial charge in [0, 0.05) is 18.8 Å². The molecule has 0 unspecified atom stereocenters. The largest absolute Gasteiger partial charge is 0.371 e. The Balaban J connectivity index is 1.76. The summed E-state index contributed by atoms with van der Waals surface area (Å²) in [4.78, 5) is 2.53. The number of hydrogen-bond donors (Lipinski definition) is 2. The summed E-state index contributed by atoms with van der Waals surface area (Å²) in [5, 5.41) is 3.37. The lowest BCUT2D eigenvalue weighted by Gasteiger charge is -2.33. The highest BCUT2D eigenvalue weighted by molar-refractivity contribution is 7.92. The van der Waals surface area contributed by atoms with Crippen molar-refractivity contribution in [3.05, 3.63) is 54.1 Å². The van der Waals surface area contributed by atoms with Gasteiger partial charge in [0.15, 0.2) is 0 Å². The molecule has 2 N–H and O–H groups in total. The normalized spacial score (nSPS) is 15.7. The molecule has 5 nitrogen and oxygen atoms in total. The smallest absolute Gasteiger partial charge is 0.261 e. The van der Waals surface area contributed by atoms with E-state index in [-0.39, 0.29) is 4.90 Å². The molecule has 1 aliphatic rings. The molecule has 2 aromatic carbocycles. The number of anilines is 2. The molecule has 0 bridgehead atoms. The minimum absolute atomic E-state index is 0.281. The molecular formula is C21H29N3O2S. The number of hydrogen-bond acceptors (Lipinski definition) is 4. The number of nitrogens with zero attached hydrogens (tertiary/aromatic N) is 1. The lowest BCUT2D eigenvalue weighted by Crippen LogP contribution is -2.41. The second kappa shape index (κ2) is 8.31. The van der Waals surface area contributed by atoms with Crippen LogP contribution < -0.4 is 14.9 Å². The highest BCUT2D eigenvalue weighted by atomic mass is 32.2. The van der Waals surface area contributed by atoms with E-state index >= 15 is 0 Å². The summed E-state index contributed by atoms with van der Waals surface area (Å²) in [6.45, 7) is 6.22. The molecule has 1 fully saturated rings. The third kappa shape index (κ3) is 4.82. The van der Waals surface area contributed by atoms with Crippen molar-refractivity contribution < 1.29 is 8.42 Å². The Bertz CT molecular complexity index is 857. The number of benzene rings is 2. The predicted molar refractivity (Wildman–Crippen MR) is 112 cm³/mol. The summed E-state index contributed by atoms with van der Waals surface area (Å²) < 4.78 is 28.2. The van der Waals surface area contributed by atoms with Crippen LogP contribution in [-0.2, 0) is 10.0 Å². The van der Waals surface area contributed by atoms with Gasteiger partial charge in [0.2, 0.25) is 0 Å². The highest BCUT2D eigenvalue weighted by Crippen LogP contribution is 2.25. The zero-order valence-electron chi connectivity index (χ0n) is 16.3. The minimum atomic E-state index is -3.60. The quantitative estimate of drug-likeness (QED) is 0.791. The van der Waals surface area contributed by atoms with E-state index in [1.165, 1.54) is 0 Å². The molecule has 27 heavy (non-hydrogen) atoms. The lowest BCUT2D eigenvalue weighted by molar-refractivity contribution is 0.443. The summed E-state index contributed by atoms with van der Waals surface area (Å²) in [5.74, 6) is 0.372. The van der Waals surface area contributed by atoms with Crippen LogP contribution in [0.3, 0.4) is 0 Å². The van der Waals surface area contributed by atoms with Crippen LogP contribution in [0.15, 0.2) is 53.4 Å². The van der Waals surface area contributed by atoms with Gasteiger partial charge in [-0.2, -0.15) is 0 Å². The second-order valence-corrected chi connectivity index (χ2v) is 9.15. The molecule has 0 atom stereocenters. The van der Waals surface area contributed by atoms with E-state index in [4.69, 9.17) is 0 Å². The average Bonchev–Trinajstić information content (AvgIpc) is 2.68. The average molecular weight is 388 g/mol. The number of nitrogens with one attached hydrogen (secondary N) is 2. The maximum Gasteiger partial charge on any atom is 0.261 e. The Hall–Kier alpha value is -2.05. The Labute approximate surface area is 162 Å². The van der Waals surface area contributed by atoms with Crippen molar-refractivity contribution in [1.82, 2.24) is 5.32 Å². The van der Waals surface area contributed by atoms with Gasteiger partial charge >= 0.3 is 0 Å². The first-order valence-electron chi connectivity index (χ1n) is 9.53. The number of sulfonamides is 1. The van der Waals surface area contributed by atoms with Crippen molar-refractivity contribution >= 4 is 21.4 Å². The fraction of sp³-hybridized carbons (Fsp3) is 0.429. The standard InChI is InChI=1S/C21H29N3O2S/c1-16(2)17-7-9-21(10-8-17)27(25,26)23-18-5-4-6-20(15-18)24(3)19-11-13-22-14-12-19/h4-10,15-16,19,22-23H,11-14H2,1-3H3. The van der Waals surface area contributed by atoms with Crippen LogP contribution in [0.25, 0.3) is 0 Å². The SMILES string of the molecule is CC(C)c1ccc(S(=O)(=O)Nc2cccc(N(C)C3CCNCC3)c2)cc1. The van der Waals surface area contributed by atoms with Crippen LogP contribution in [0.2, 0.25) is 0 Å². The second-order valence-electron chi connectivity index (χ2n) is 7.47. The van der Waals surface area contributed by atoms with E-state index in [2.05, 4.69) is 35.8 Å². The summed E-state index contributed by atoms with van der Waals surface area (Å²) in [7, 11) is -1.52. The van der Waals surface area contributed by atoms with Crippen molar-refractivity contribution in [3.63, 3.8) is 0 Å². The number of piperidine rings is 1. The van der Waals surface area contributed by atoms with E-state index in [0.717, 1.165) is 37.2 Å². The minimum Gasteiger partial charge on any atom is -0.371 e. The first kappa shape index (κ1) is 19.7. The Morgan fingerprint density at radius 3 is 2.37 bits per heavy atom. The molecule has 1 saturated heterocycles. The van der Waals surface area contributed by atoms with E-state index in [1.807, 2.05) is 30.3 Å². The summed E-state index contributed by atoms with van der Waals surface area (Å²) in [6.07, 6.45) is 2.18. The number of rotatable bonds is 6. The maximum atomic E-state index is 12.7. The molecule has 1 heterocycles. The van der Waals surface area contributed by atoms with Gasteiger partial charge in [-0.05, 0) is 67.7 Å². The highest BCUT2D eigenvalue weighted by Gasteiger charge is 2.19. The van der Waals surface area contributed by atoms with Gasteiger partial charge in [0.05, 0.1) is 10.6 Å². The molecular weight excluding hydrogens is 358 g/mol. The molecule has 0 radical (unpaired) electrons. The molecule has 0 spiro atoms. The van der Waals surface area contributed by atoms with Gasteiger partial charge in [0.25, 0.3) is 10.0 Å². The Morgan fingerprint density at radius 2 is 1.74 bits per heavy atom. The monoisotopic (exact) mass is 387 g/mol. The molecule has 0 aliphatic carbocycles. The van der Waals surface area contributed by atoms with Gasteiger partial charge in [-0.3, -0.25) is 4.72 Å². The third-order valence-corrected chi connectivity index (χ3v) is 6.62. The molecule has 3 rings (SSSR count). The van der Waals surface area contributed by atoms with E-state index in [9.17, 15) is 8.42 Å². The van der Waals surface area contributed by atoms with Gasteiger partial charge in [-0.25, -0.2) is 8.42 Å². The van der Waals surface area contributed by atoms with Crippen molar-refractivity contribution in [1.29, 1.82) is 0 Å². The molecule has 0 amide bonds. The van der Waals surface area contributed by atoms with Gasteiger partial charge in [-0.15, -0.1) is 0 Å². The lowest BCUT2D eigenvalue weighted by atomic mass is 10.0. The van der Waals surface area contributed by atoms with Gasteiger partial charge < -0.3 is 10.2 Å². The van der Waals surface area contributed by atoms with Crippen molar-refractivity contribution in [2.75, 3.05) is 29.8 Å². The van der Waals surface area contributed by atoms with Crippen LogP contribution in [0.1, 0.15) is 38.2 Å². The maximum absolute atomic E-state index is 12.7. The third-order valence-electron chi connectivity index (χ3n) is 5.22. The molecule has 0 saturated carbocycles. The van der Waals surface area contributed by atoms with E-state index in [1.54, 1.807) is 18.2 Å². The van der Waals surface area contributed by atoms with Crippen LogP contribution >= 0.6 is 0 Å².